The fraction of sp³-hybridized carbons (Fsp3) is 0.250. The predicted molar refractivity (Wildman–Crippen MR) is 90.0 cm³/mol. The Labute approximate surface area is 143 Å². The minimum atomic E-state index is -0.879. The zero-order chi connectivity index (χ0) is 16.9. The Kier molecular flexibility index (Phi) is 4.95. The first kappa shape index (κ1) is 16.3. The molecule has 0 spiro atoms. The van der Waals surface area contributed by atoms with Crippen molar-refractivity contribution in [2.45, 2.75) is 24.7 Å². The largest absolute Gasteiger partial charge is 0.481 e. The van der Waals surface area contributed by atoms with Crippen LogP contribution in [0.3, 0.4) is 0 Å². The van der Waals surface area contributed by atoms with Crippen LogP contribution in [-0.2, 0) is 11.3 Å². The van der Waals surface area contributed by atoms with E-state index in [9.17, 15) is 4.79 Å². The van der Waals surface area contributed by atoms with E-state index in [4.69, 9.17) is 5.11 Å². The van der Waals surface area contributed by atoms with E-state index in [1.165, 1.54) is 11.8 Å². The molecule has 0 saturated carbocycles. The molecule has 3 rings (SSSR count). The highest BCUT2D eigenvalue weighted by Gasteiger charge is 2.20. The lowest BCUT2D eigenvalue weighted by Crippen LogP contribution is -2.15. The van der Waals surface area contributed by atoms with Crippen LogP contribution in [0.2, 0.25) is 0 Å². The quantitative estimate of drug-likeness (QED) is 0.663. The summed E-state index contributed by atoms with van der Waals surface area (Å²) in [6, 6.07) is 11.8. The van der Waals surface area contributed by atoms with Gasteiger partial charge >= 0.3 is 5.97 Å². The lowest BCUT2D eigenvalue weighted by atomic mass is 10.1. The van der Waals surface area contributed by atoms with Gasteiger partial charge in [0.15, 0.2) is 11.0 Å². The van der Waals surface area contributed by atoms with Gasteiger partial charge in [-0.1, -0.05) is 42.1 Å². The fourth-order valence-corrected chi connectivity index (χ4v) is 3.20. The molecule has 0 aliphatic heterocycles. The first-order chi connectivity index (χ1) is 11.6. The van der Waals surface area contributed by atoms with E-state index < -0.39 is 5.97 Å². The molecule has 0 saturated heterocycles. The summed E-state index contributed by atoms with van der Waals surface area (Å²) in [5.74, 6) is -0.194. The minimum absolute atomic E-state index is 0.0111. The number of carboxylic acids is 1. The van der Waals surface area contributed by atoms with Crippen LogP contribution < -0.4 is 0 Å². The van der Waals surface area contributed by atoms with Crippen LogP contribution in [0.4, 0.5) is 0 Å². The monoisotopic (exact) mass is 343 g/mol. The zero-order valence-electron chi connectivity index (χ0n) is 13.1. The number of rotatable bonds is 7. The molecule has 0 aliphatic rings. The average Bonchev–Trinajstić information content (AvgIpc) is 3.23. The second kappa shape index (κ2) is 7.31. The van der Waals surface area contributed by atoms with Crippen molar-refractivity contribution in [2.75, 3.05) is 5.75 Å². The molecule has 24 heavy (non-hydrogen) atoms. The molecule has 2 aromatic heterocycles. The molecule has 0 aliphatic carbocycles. The highest BCUT2D eigenvalue weighted by molar-refractivity contribution is 7.99. The molecule has 8 heteroatoms. The summed E-state index contributed by atoms with van der Waals surface area (Å²) < 4.78 is 3.74. The molecule has 0 amide bonds. The SMILES string of the molecule is C[C@H](c1ccccc1)n1c(Cn2cccn2)nnc1SCC(=O)O. The molecule has 0 radical (unpaired) electrons. The first-order valence-electron chi connectivity index (χ1n) is 7.46. The Balaban J connectivity index is 1.95. The van der Waals surface area contributed by atoms with Gasteiger partial charge in [0.05, 0.1) is 11.8 Å². The van der Waals surface area contributed by atoms with E-state index in [1.54, 1.807) is 10.9 Å². The minimum Gasteiger partial charge on any atom is -0.481 e. The van der Waals surface area contributed by atoms with Crippen molar-refractivity contribution in [3.8, 4) is 0 Å². The topological polar surface area (TPSA) is 85.8 Å². The van der Waals surface area contributed by atoms with Crippen molar-refractivity contribution in [2.24, 2.45) is 0 Å². The Hall–Kier alpha value is -2.61. The Bertz CT molecular complexity index is 801. The average molecular weight is 343 g/mol. The third-order valence-corrected chi connectivity index (χ3v) is 4.52. The number of benzene rings is 1. The molecular formula is C16H17N5O2S. The lowest BCUT2D eigenvalue weighted by Gasteiger charge is -2.18. The van der Waals surface area contributed by atoms with Crippen LogP contribution in [0.1, 0.15) is 24.4 Å². The summed E-state index contributed by atoms with van der Waals surface area (Å²) in [4.78, 5) is 10.9. The molecule has 124 valence electrons. The molecule has 0 fully saturated rings. The van der Waals surface area contributed by atoms with Crippen LogP contribution >= 0.6 is 11.8 Å². The van der Waals surface area contributed by atoms with E-state index in [-0.39, 0.29) is 11.8 Å². The number of hydrogen-bond donors (Lipinski definition) is 1. The van der Waals surface area contributed by atoms with E-state index >= 15 is 0 Å². The third-order valence-electron chi connectivity index (χ3n) is 3.59. The maximum absolute atomic E-state index is 10.9. The maximum atomic E-state index is 10.9. The number of thioether (sulfide) groups is 1. The highest BCUT2D eigenvalue weighted by Crippen LogP contribution is 2.26. The molecule has 1 atom stereocenters. The summed E-state index contributed by atoms with van der Waals surface area (Å²) in [5, 5.41) is 22.2. The van der Waals surface area contributed by atoms with Crippen molar-refractivity contribution in [3.63, 3.8) is 0 Å². The lowest BCUT2D eigenvalue weighted by molar-refractivity contribution is -0.133. The molecule has 3 aromatic rings. The summed E-state index contributed by atoms with van der Waals surface area (Å²) in [7, 11) is 0. The van der Waals surface area contributed by atoms with Crippen molar-refractivity contribution in [1.29, 1.82) is 0 Å². The summed E-state index contributed by atoms with van der Waals surface area (Å²) in [6.07, 6.45) is 3.57. The van der Waals surface area contributed by atoms with Crippen molar-refractivity contribution >= 4 is 17.7 Å². The summed E-state index contributed by atoms with van der Waals surface area (Å²) >= 11 is 1.17. The van der Waals surface area contributed by atoms with Crippen LogP contribution in [0.15, 0.2) is 53.9 Å². The van der Waals surface area contributed by atoms with E-state index in [0.717, 1.165) is 11.4 Å². The zero-order valence-corrected chi connectivity index (χ0v) is 13.9. The van der Waals surface area contributed by atoms with Gasteiger partial charge in [0.1, 0.15) is 6.54 Å². The molecule has 1 aromatic carbocycles. The Morgan fingerprint density at radius 2 is 2.04 bits per heavy atom. The highest BCUT2D eigenvalue weighted by atomic mass is 32.2. The Morgan fingerprint density at radius 3 is 2.71 bits per heavy atom. The van der Waals surface area contributed by atoms with Gasteiger partial charge in [-0.2, -0.15) is 5.10 Å². The van der Waals surface area contributed by atoms with Crippen LogP contribution in [0.25, 0.3) is 0 Å². The Morgan fingerprint density at radius 1 is 1.25 bits per heavy atom. The van der Waals surface area contributed by atoms with Gasteiger partial charge in [-0.25, -0.2) is 0 Å². The molecule has 0 bridgehead atoms. The summed E-state index contributed by atoms with van der Waals surface area (Å²) in [6.45, 7) is 2.53. The molecule has 7 nitrogen and oxygen atoms in total. The second-order valence-electron chi connectivity index (χ2n) is 5.24. The first-order valence-corrected chi connectivity index (χ1v) is 8.44. The van der Waals surface area contributed by atoms with Gasteiger partial charge in [-0.05, 0) is 18.6 Å². The summed E-state index contributed by atoms with van der Waals surface area (Å²) in [5.41, 5.74) is 1.11. The van der Waals surface area contributed by atoms with Gasteiger partial charge < -0.3 is 5.11 Å². The van der Waals surface area contributed by atoms with Crippen LogP contribution in [-0.4, -0.2) is 41.4 Å². The number of aliphatic carboxylic acids is 1. The van der Waals surface area contributed by atoms with Gasteiger partial charge in [-0.3, -0.25) is 14.0 Å². The fourth-order valence-electron chi connectivity index (χ4n) is 2.45. The van der Waals surface area contributed by atoms with Crippen LogP contribution in [0.5, 0.6) is 0 Å². The smallest absolute Gasteiger partial charge is 0.313 e. The molecular weight excluding hydrogens is 326 g/mol. The normalized spacial score (nSPS) is 12.2. The second-order valence-corrected chi connectivity index (χ2v) is 6.18. The maximum Gasteiger partial charge on any atom is 0.313 e. The number of hydrogen-bond acceptors (Lipinski definition) is 5. The van der Waals surface area contributed by atoms with Crippen LogP contribution in [0, 0.1) is 0 Å². The number of carbonyl (C=O) groups is 1. The van der Waals surface area contributed by atoms with Gasteiger partial charge in [0, 0.05) is 12.4 Å². The predicted octanol–water partition coefficient (Wildman–Crippen LogP) is 2.31. The van der Waals surface area contributed by atoms with E-state index in [2.05, 4.69) is 22.2 Å². The number of nitrogens with zero attached hydrogens (tertiary/aromatic N) is 5. The number of carboxylic acid groups (broad SMARTS) is 1. The van der Waals surface area contributed by atoms with Crippen molar-refractivity contribution in [3.05, 3.63) is 60.2 Å². The van der Waals surface area contributed by atoms with Crippen molar-refractivity contribution < 1.29 is 9.90 Å². The van der Waals surface area contributed by atoms with Gasteiger partial charge in [-0.15, -0.1) is 10.2 Å². The van der Waals surface area contributed by atoms with Crippen molar-refractivity contribution in [1.82, 2.24) is 24.5 Å². The standard InChI is InChI=1S/C16H17N5O2S/c1-12(13-6-3-2-4-7-13)21-14(10-20-9-5-8-17-20)18-19-16(21)24-11-15(22)23/h2-9,12H,10-11H2,1H3,(H,22,23)/t12-/m1/s1. The molecule has 0 unspecified atom stereocenters. The molecule has 1 N–H and O–H groups in total. The van der Waals surface area contributed by atoms with Gasteiger partial charge in [0.2, 0.25) is 0 Å². The third kappa shape index (κ3) is 3.65. The molecule has 2 heterocycles. The van der Waals surface area contributed by atoms with E-state index in [0.29, 0.717) is 11.7 Å². The van der Waals surface area contributed by atoms with Gasteiger partial charge in [0.25, 0.3) is 0 Å². The number of aromatic nitrogens is 5. The van der Waals surface area contributed by atoms with E-state index in [1.807, 2.05) is 47.2 Å².